The van der Waals surface area contributed by atoms with Crippen LogP contribution in [0.1, 0.15) is 32.8 Å². The Balaban J connectivity index is 2.26. The summed E-state index contributed by atoms with van der Waals surface area (Å²) in [7, 11) is 0. The Labute approximate surface area is 113 Å². The summed E-state index contributed by atoms with van der Waals surface area (Å²) in [5.74, 6) is -0.123. The lowest BCUT2D eigenvalue weighted by Gasteiger charge is -2.25. The first-order valence-corrected chi connectivity index (χ1v) is 7.00. The van der Waals surface area contributed by atoms with Crippen molar-refractivity contribution in [2.45, 2.75) is 33.3 Å². The van der Waals surface area contributed by atoms with Gasteiger partial charge in [-0.25, -0.2) is 0 Å². The summed E-state index contributed by atoms with van der Waals surface area (Å²) in [6, 6.07) is 1.96. The number of aliphatic hydroxyl groups is 1. The molecule has 0 saturated carbocycles. The number of nitrogens with one attached hydrogen (secondary N) is 1. The minimum atomic E-state index is -0.404. The first-order chi connectivity index (χ1) is 8.39. The number of hydrogen-bond acceptors (Lipinski definition) is 3. The number of aliphatic hydroxyl groups excluding tert-OH is 1. The molecular formula is C14H21NO2S. The van der Waals surface area contributed by atoms with Crippen molar-refractivity contribution in [3.8, 4) is 0 Å². The Morgan fingerprint density at radius 1 is 1.56 bits per heavy atom. The van der Waals surface area contributed by atoms with E-state index in [4.69, 9.17) is 0 Å². The van der Waals surface area contributed by atoms with Crippen LogP contribution in [0.5, 0.6) is 0 Å². The minimum absolute atomic E-state index is 0.123. The van der Waals surface area contributed by atoms with Crippen LogP contribution in [0.4, 0.5) is 0 Å². The van der Waals surface area contributed by atoms with Gasteiger partial charge >= 0.3 is 0 Å². The van der Waals surface area contributed by atoms with Crippen molar-refractivity contribution in [3.05, 3.63) is 28.5 Å². The molecule has 2 N–H and O–H groups in total. The number of carbonyl (C=O) groups is 1. The summed E-state index contributed by atoms with van der Waals surface area (Å²) in [6.45, 7) is 6.44. The Morgan fingerprint density at radius 3 is 2.83 bits per heavy atom. The van der Waals surface area contributed by atoms with Crippen LogP contribution in [0.2, 0.25) is 0 Å². The molecule has 0 fully saturated rings. The van der Waals surface area contributed by atoms with Gasteiger partial charge in [0.05, 0.1) is 6.10 Å². The fraction of sp³-hybridized carbons (Fsp3) is 0.500. The summed E-state index contributed by atoms with van der Waals surface area (Å²) < 4.78 is 0. The molecule has 4 heteroatoms. The fourth-order valence-electron chi connectivity index (χ4n) is 1.37. The first kappa shape index (κ1) is 14.9. The van der Waals surface area contributed by atoms with E-state index in [2.05, 4.69) is 5.32 Å². The molecule has 1 heterocycles. The Kier molecular flexibility index (Phi) is 5.56. The molecule has 18 heavy (non-hydrogen) atoms. The molecule has 0 spiro atoms. The first-order valence-electron chi connectivity index (χ1n) is 6.06. The smallest absolute Gasteiger partial charge is 0.244 e. The predicted octanol–water partition coefficient (Wildman–Crippen LogP) is 2.67. The van der Waals surface area contributed by atoms with Gasteiger partial charge in [0.1, 0.15) is 0 Å². The second kappa shape index (κ2) is 6.71. The Hall–Kier alpha value is -1.13. The highest BCUT2D eigenvalue weighted by Gasteiger charge is 2.21. The molecule has 1 aromatic rings. The van der Waals surface area contributed by atoms with E-state index in [0.717, 1.165) is 5.56 Å². The van der Waals surface area contributed by atoms with Gasteiger partial charge in [0.2, 0.25) is 5.91 Å². The molecule has 3 nitrogen and oxygen atoms in total. The van der Waals surface area contributed by atoms with Gasteiger partial charge in [-0.15, -0.1) is 0 Å². The molecule has 0 aliphatic carbocycles. The molecule has 0 aliphatic rings. The lowest BCUT2D eigenvalue weighted by molar-refractivity contribution is -0.116. The van der Waals surface area contributed by atoms with Crippen LogP contribution in [0, 0.1) is 5.41 Å². The van der Waals surface area contributed by atoms with E-state index in [1.54, 1.807) is 17.4 Å². The topological polar surface area (TPSA) is 49.3 Å². The highest BCUT2D eigenvalue weighted by molar-refractivity contribution is 7.08. The molecule has 0 aromatic carbocycles. The largest absolute Gasteiger partial charge is 0.393 e. The maximum atomic E-state index is 11.5. The Morgan fingerprint density at radius 2 is 2.28 bits per heavy atom. The molecule has 1 rings (SSSR count). The van der Waals surface area contributed by atoms with Crippen LogP contribution >= 0.6 is 11.3 Å². The number of amides is 1. The highest BCUT2D eigenvalue weighted by Crippen LogP contribution is 2.20. The lowest BCUT2D eigenvalue weighted by Crippen LogP contribution is -2.31. The van der Waals surface area contributed by atoms with E-state index < -0.39 is 6.10 Å². The molecule has 0 aliphatic heterocycles. The van der Waals surface area contributed by atoms with Crippen molar-refractivity contribution in [1.29, 1.82) is 0 Å². The van der Waals surface area contributed by atoms with Gasteiger partial charge in [-0.3, -0.25) is 4.79 Å². The van der Waals surface area contributed by atoms with E-state index in [1.165, 1.54) is 6.08 Å². The van der Waals surface area contributed by atoms with Gasteiger partial charge in [-0.05, 0) is 40.3 Å². The van der Waals surface area contributed by atoms with Crippen molar-refractivity contribution in [3.63, 3.8) is 0 Å². The standard InChI is InChI=1S/C14H21NO2S/c1-14(2,3)12(16)6-8-15-13(17)5-4-11-7-9-18-10-11/h4-5,7,9-10,12,16H,6,8H2,1-3H3,(H,15,17)/b5-4+. The third kappa shape index (κ3) is 5.47. The monoisotopic (exact) mass is 267 g/mol. The van der Waals surface area contributed by atoms with Crippen molar-refractivity contribution in [1.82, 2.24) is 5.32 Å². The van der Waals surface area contributed by atoms with Crippen molar-refractivity contribution >= 4 is 23.3 Å². The molecule has 0 radical (unpaired) electrons. The second-order valence-corrected chi connectivity index (χ2v) is 6.13. The average molecular weight is 267 g/mol. The predicted molar refractivity (Wildman–Crippen MR) is 76.4 cm³/mol. The molecule has 0 saturated heterocycles. The van der Waals surface area contributed by atoms with Crippen LogP contribution in [0.25, 0.3) is 6.08 Å². The van der Waals surface area contributed by atoms with Crippen molar-refractivity contribution in [2.75, 3.05) is 6.54 Å². The average Bonchev–Trinajstić information content (AvgIpc) is 2.77. The second-order valence-electron chi connectivity index (χ2n) is 5.35. The normalized spacial score (nSPS) is 13.8. The van der Waals surface area contributed by atoms with Crippen molar-refractivity contribution < 1.29 is 9.90 Å². The number of thiophene rings is 1. The summed E-state index contributed by atoms with van der Waals surface area (Å²) in [4.78, 5) is 11.5. The maximum Gasteiger partial charge on any atom is 0.244 e. The van der Waals surface area contributed by atoms with Crippen LogP contribution in [-0.4, -0.2) is 23.7 Å². The van der Waals surface area contributed by atoms with Gasteiger partial charge in [0.15, 0.2) is 0 Å². The van der Waals surface area contributed by atoms with Crippen molar-refractivity contribution in [2.24, 2.45) is 5.41 Å². The van der Waals surface area contributed by atoms with Gasteiger partial charge in [0, 0.05) is 12.6 Å². The molecular weight excluding hydrogens is 246 g/mol. The molecule has 1 atom stereocenters. The van der Waals surface area contributed by atoms with Gasteiger partial charge in [-0.1, -0.05) is 20.8 Å². The maximum absolute atomic E-state index is 11.5. The zero-order chi connectivity index (χ0) is 13.6. The SMILES string of the molecule is CC(C)(C)C(O)CCNC(=O)/C=C/c1ccsc1. The zero-order valence-electron chi connectivity index (χ0n) is 11.1. The summed E-state index contributed by atoms with van der Waals surface area (Å²) in [6.07, 6.45) is 3.47. The summed E-state index contributed by atoms with van der Waals surface area (Å²) >= 11 is 1.60. The van der Waals surface area contributed by atoms with E-state index in [-0.39, 0.29) is 11.3 Å². The lowest BCUT2D eigenvalue weighted by atomic mass is 9.87. The van der Waals surface area contributed by atoms with Gasteiger partial charge in [0.25, 0.3) is 0 Å². The summed E-state index contributed by atoms with van der Waals surface area (Å²) in [5.41, 5.74) is 0.891. The zero-order valence-corrected chi connectivity index (χ0v) is 12.0. The van der Waals surface area contributed by atoms with Gasteiger partial charge < -0.3 is 10.4 Å². The molecule has 0 bridgehead atoms. The number of hydrogen-bond donors (Lipinski definition) is 2. The Bertz CT molecular complexity index is 390. The van der Waals surface area contributed by atoms with E-state index in [1.807, 2.05) is 37.6 Å². The van der Waals surface area contributed by atoms with E-state index >= 15 is 0 Å². The van der Waals surface area contributed by atoms with Crippen LogP contribution in [-0.2, 0) is 4.79 Å². The van der Waals surface area contributed by atoms with Crippen LogP contribution < -0.4 is 5.32 Å². The van der Waals surface area contributed by atoms with Crippen LogP contribution in [0.15, 0.2) is 22.9 Å². The minimum Gasteiger partial charge on any atom is -0.393 e. The highest BCUT2D eigenvalue weighted by atomic mass is 32.1. The molecule has 100 valence electrons. The number of carbonyl (C=O) groups excluding carboxylic acids is 1. The quantitative estimate of drug-likeness (QED) is 0.806. The molecule has 1 unspecified atom stereocenters. The third-order valence-electron chi connectivity index (χ3n) is 2.69. The van der Waals surface area contributed by atoms with E-state index in [9.17, 15) is 9.90 Å². The van der Waals surface area contributed by atoms with E-state index in [0.29, 0.717) is 13.0 Å². The summed E-state index contributed by atoms with van der Waals surface area (Å²) in [5, 5.41) is 16.5. The number of rotatable bonds is 5. The fourth-order valence-corrected chi connectivity index (χ4v) is 1.99. The molecule has 1 aromatic heterocycles. The van der Waals surface area contributed by atoms with Crippen LogP contribution in [0.3, 0.4) is 0 Å². The van der Waals surface area contributed by atoms with Gasteiger partial charge in [-0.2, -0.15) is 11.3 Å². The third-order valence-corrected chi connectivity index (χ3v) is 3.39. The molecule has 1 amide bonds.